The molecule has 11 nitrogen and oxygen atoms in total. The van der Waals surface area contributed by atoms with Crippen molar-refractivity contribution in [2.45, 2.75) is 33.1 Å². The van der Waals surface area contributed by atoms with Crippen molar-refractivity contribution >= 4 is 11.6 Å². The van der Waals surface area contributed by atoms with Crippen LogP contribution in [0.2, 0.25) is 5.02 Å². The fourth-order valence-corrected chi connectivity index (χ4v) is 3.16. The molecule has 3 aromatic heterocycles. The first-order chi connectivity index (χ1) is 16.0. The minimum absolute atomic E-state index is 0.0967. The third kappa shape index (κ3) is 5.10. The zero-order chi connectivity index (χ0) is 23.4. The highest BCUT2D eigenvalue weighted by atomic mass is 35.5. The van der Waals surface area contributed by atoms with Gasteiger partial charge in [0.1, 0.15) is 6.73 Å². The third-order valence-corrected chi connectivity index (χ3v) is 4.92. The number of aromatic nitrogens is 7. The molecule has 0 spiro atoms. The van der Waals surface area contributed by atoms with Crippen molar-refractivity contribution in [2.75, 3.05) is 6.61 Å². The highest BCUT2D eigenvalue weighted by Crippen LogP contribution is 2.25. The Morgan fingerprint density at radius 2 is 2.06 bits per heavy atom. The van der Waals surface area contributed by atoms with E-state index in [-0.39, 0.29) is 18.3 Å². The van der Waals surface area contributed by atoms with E-state index in [1.807, 2.05) is 13.0 Å². The Hall–Kier alpha value is -3.57. The predicted octanol–water partition coefficient (Wildman–Crippen LogP) is 3.27. The van der Waals surface area contributed by atoms with Crippen LogP contribution in [0, 0.1) is 0 Å². The van der Waals surface area contributed by atoms with E-state index in [0.717, 1.165) is 6.42 Å². The molecule has 0 aliphatic rings. The Balaban J connectivity index is 1.48. The average Bonchev–Trinajstić information content (AvgIpc) is 3.43. The summed E-state index contributed by atoms with van der Waals surface area (Å²) in [6.07, 6.45) is 1.82. The molecule has 1 aromatic carbocycles. The molecule has 33 heavy (non-hydrogen) atoms. The summed E-state index contributed by atoms with van der Waals surface area (Å²) in [5.74, 6) is 1.10. The van der Waals surface area contributed by atoms with Crippen LogP contribution < -0.4 is 10.3 Å². The topological polar surface area (TPSA) is 123 Å². The highest BCUT2D eigenvalue weighted by molar-refractivity contribution is 6.30. The van der Waals surface area contributed by atoms with Gasteiger partial charge in [0.15, 0.2) is 11.9 Å². The smallest absolute Gasteiger partial charge is 0.317 e. The van der Waals surface area contributed by atoms with E-state index in [2.05, 4.69) is 25.4 Å². The first kappa shape index (κ1) is 22.6. The first-order valence-corrected chi connectivity index (χ1v) is 10.6. The third-order valence-electron chi connectivity index (χ3n) is 4.68. The summed E-state index contributed by atoms with van der Waals surface area (Å²) >= 11 is 6.02. The molecule has 0 radical (unpaired) electrons. The number of hydrogen-bond donors (Lipinski definition) is 0. The molecule has 0 aliphatic carbocycles. The predicted molar refractivity (Wildman–Crippen MR) is 119 cm³/mol. The molecule has 0 bridgehead atoms. The SMILES string of the molecule is CCCOCn1ncc(-c2nnc(OC(C)c3noc(-c4cccc(Cl)c4)n3)n2C)cc1=O. The van der Waals surface area contributed by atoms with Gasteiger partial charge in [0, 0.05) is 35.9 Å². The molecule has 1 atom stereocenters. The lowest BCUT2D eigenvalue weighted by Crippen LogP contribution is -2.23. The van der Waals surface area contributed by atoms with E-state index in [1.54, 1.807) is 36.7 Å². The summed E-state index contributed by atoms with van der Waals surface area (Å²) in [6, 6.07) is 8.77. The second kappa shape index (κ2) is 9.92. The van der Waals surface area contributed by atoms with Crippen molar-refractivity contribution in [1.82, 2.24) is 34.7 Å². The number of halogens is 1. The van der Waals surface area contributed by atoms with Gasteiger partial charge in [0.2, 0.25) is 5.82 Å². The molecule has 4 rings (SSSR count). The van der Waals surface area contributed by atoms with Gasteiger partial charge < -0.3 is 14.0 Å². The normalized spacial score (nSPS) is 12.1. The van der Waals surface area contributed by atoms with Crippen LogP contribution in [0.5, 0.6) is 6.01 Å². The lowest BCUT2D eigenvalue weighted by atomic mass is 10.2. The van der Waals surface area contributed by atoms with Gasteiger partial charge in [-0.2, -0.15) is 10.1 Å². The summed E-state index contributed by atoms with van der Waals surface area (Å²) in [5, 5.41) is 16.9. The number of benzene rings is 1. The van der Waals surface area contributed by atoms with Gasteiger partial charge in [-0.05, 0) is 31.5 Å². The molecule has 4 aromatic rings. The van der Waals surface area contributed by atoms with Crippen LogP contribution in [0.1, 0.15) is 32.2 Å². The maximum absolute atomic E-state index is 12.3. The second-order valence-electron chi connectivity index (χ2n) is 7.21. The number of nitrogens with zero attached hydrogens (tertiary/aromatic N) is 7. The fraction of sp³-hybridized carbons (Fsp3) is 0.333. The lowest BCUT2D eigenvalue weighted by Gasteiger charge is -2.10. The molecule has 1 unspecified atom stereocenters. The largest absolute Gasteiger partial charge is 0.452 e. The zero-order valence-electron chi connectivity index (χ0n) is 18.3. The number of rotatable bonds is 9. The first-order valence-electron chi connectivity index (χ1n) is 10.3. The van der Waals surface area contributed by atoms with Crippen LogP contribution in [-0.2, 0) is 18.5 Å². The van der Waals surface area contributed by atoms with Crippen molar-refractivity contribution in [2.24, 2.45) is 7.05 Å². The Labute approximate surface area is 193 Å². The maximum atomic E-state index is 12.3. The molecule has 12 heteroatoms. The zero-order valence-corrected chi connectivity index (χ0v) is 19.1. The van der Waals surface area contributed by atoms with E-state index in [0.29, 0.717) is 40.3 Å². The van der Waals surface area contributed by atoms with E-state index in [9.17, 15) is 4.79 Å². The van der Waals surface area contributed by atoms with Crippen LogP contribution in [0.3, 0.4) is 0 Å². The van der Waals surface area contributed by atoms with Gasteiger partial charge in [-0.3, -0.25) is 9.36 Å². The Morgan fingerprint density at radius 3 is 2.82 bits per heavy atom. The Bertz CT molecular complexity index is 1300. The maximum Gasteiger partial charge on any atom is 0.317 e. The second-order valence-corrected chi connectivity index (χ2v) is 7.65. The van der Waals surface area contributed by atoms with Crippen molar-refractivity contribution in [3.63, 3.8) is 0 Å². The molecule has 0 amide bonds. The van der Waals surface area contributed by atoms with Crippen molar-refractivity contribution < 1.29 is 14.0 Å². The quantitative estimate of drug-likeness (QED) is 0.338. The van der Waals surface area contributed by atoms with Gasteiger partial charge in [0.05, 0.1) is 6.20 Å². The van der Waals surface area contributed by atoms with Gasteiger partial charge in [-0.15, -0.1) is 5.10 Å². The highest BCUT2D eigenvalue weighted by Gasteiger charge is 2.21. The van der Waals surface area contributed by atoms with Crippen molar-refractivity contribution in [3.8, 4) is 28.9 Å². The Morgan fingerprint density at radius 1 is 1.21 bits per heavy atom. The van der Waals surface area contributed by atoms with Crippen LogP contribution in [0.4, 0.5) is 0 Å². The van der Waals surface area contributed by atoms with E-state index in [4.69, 9.17) is 25.6 Å². The monoisotopic (exact) mass is 471 g/mol. The summed E-state index contributed by atoms with van der Waals surface area (Å²) < 4.78 is 19.4. The van der Waals surface area contributed by atoms with Crippen molar-refractivity contribution in [1.29, 1.82) is 0 Å². The molecular weight excluding hydrogens is 450 g/mol. The van der Waals surface area contributed by atoms with Crippen LogP contribution in [0.15, 0.2) is 45.8 Å². The van der Waals surface area contributed by atoms with Crippen molar-refractivity contribution in [3.05, 3.63) is 57.7 Å². The standard InChI is InChI=1S/C21H22ClN7O4/c1-4-8-31-12-29-17(30)10-15(11-23-29)19-25-26-21(28(19)3)32-13(2)18-24-20(33-27-18)14-6-5-7-16(22)9-14/h5-7,9-11,13H,4,8,12H2,1-3H3. The summed E-state index contributed by atoms with van der Waals surface area (Å²) in [6.45, 7) is 4.41. The molecule has 0 saturated carbocycles. The van der Waals surface area contributed by atoms with Crippen LogP contribution in [-0.4, -0.2) is 41.3 Å². The van der Waals surface area contributed by atoms with E-state index < -0.39 is 6.10 Å². The van der Waals surface area contributed by atoms with Gasteiger partial charge in [0.25, 0.3) is 11.4 Å². The molecule has 0 aliphatic heterocycles. The molecule has 3 heterocycles. The summed E-state index contributed by atoms with van der Waals surface area (Å²) in [7, 11) is 1.72. The van der Waals surface area contributed by atoms with Crippen LogP contribution >= 0.6 is 11.6 Å². The number of ether oxygens (including phenoxy) is 2. The van der Waals surface area contributed by atoms with Crippen LogP contribution in [0.25, 0.3) is 22.8 Å². The molecule has 172 valence electrons. The van der Waals surface area contributed by atoms with Gasteiger partial charge in [-0.25, -0.2) is 4.68 Å². The van der Waals surface area contributed by atoms with E-state index >= 15 is 0 Å². The number of hydrogen-bond acceptors (Lipinski definition) is 9. The summed E-state index contributed by atoms with van der Waals surface area (Å²) in [4.78, 5) is 16.7. The van der Waals surface area contributed by atoms with Gasteiger partial charge >= 0.3 is 6.01 Å². The fourth-order valence-electron chi connectivity index (χ4n) is 2.97. The summed E-state index contributed by atoms with van der Waals surface area (Å²) in [5.41, 5.74) is 0.909. The minimum Gasteiger partial charge on any atom is -0.452 e. The molecule has 0 N–H and O–H groups in total. The van der Waals surface area contributed by atoms with E-state index in [1.165, 1.54) is 16.9 Å². The molecule has 0 fully saturated rings. The molecule has 0 saturated heterocycles. The average molecular weight is 472 g/mol. The Kier molecular flexibility index (Phi) is 6.80. The molecular formula is C21H22ClN7O4. The minimum atomic E-state index is -0.570. The lowest BCUT2D eigenvalue weighted by molar-refractivity contribution is 0.0659. The van der Waals surface area contributed by atoms with Gasteiger partial charge in [-0.1, -0.05) is 34.8 Å².